The molecule has 1 unspecified atom stereocenters. The highest BCUT2D eigenvalue weighted by atomic mass is 79.9. The lowest BCUT2D eigenvalue weighted by Crippen LogP contribution is -2.63. The number of carbonyl (C=O) groups excluding carboxylic acids is 1. The fourth-order valence-electron chi connectivity index (χ4n) is 1.30. The van der Waals surface area contributed by atoms with Crippen LogP contribution in [0.3, 0.4) is 0 Å². The molecule has 0 bridgehead atoms. The van der Waals surface area contributed by atoms with Crippen molar-refractivity contribution in [2.24, 2.45) is 0 Å². The molecule has 1 amide bonds. The average molecular weight is 271 g/mol. The molecule has 1 aliphatic heterocycles. The van der Waals surface area contributed by atoms with E-state index in [1.54, 1.807) is 0 Å². The number of hydrogen-bond acceptors (Lipinski definition) is 4. The lowest BCUT2D eigenvalue weighted by molar-refractivity contribution is -0.122. The highest BCUT2D eigenvalue weighted by Gasteiger charge is 2.15. The summed E-state index contributed by atoms with van der Waals surface area (Å²) >= 11 is 3.38. The van der Waals surface area contributed by atoms with Crippen LogP contribution in [0.2, 0.25) is 0 Å². The molecular weight excluding hydrogens is 260 g/mol. The zero-order valence-electron chi connectivity index (χ0n) is 7.88. The van der Waals surface area contributed by atoms with Crippen LogP contribution in [0, 0.1) is 0 Å². The standard InChI is InChI=1S/C9H11BrN4O/c10-6-2-1-3-7(4-6)12-9-13-8(15)5-11-14-9/h1-4,9,11-12,14H,5H2,(H,13,15). The summed E-state index contributed by atoms with van der Waals surface area (Å²) in [6, 6.07) is 7.72. The number of carbonyl (C=O) groups is 1. The van der Waals surface area contributed by atoms with Crippen molar-refractivity contribution < 1.29 is 4.79 Å². The van der Waals surface area contributed by atoms with E-state index in [0.29, 0.717) is 0 Å². The van der Waals surface area contributed by atoms with Crippen molar-refractivity contribution in [2.75, 3.05) is 11.9 Å². The lowest BCUT2D eigenvalue weighted by atomic mass is 10.3. The number of benzene rings is 1. The number of rotatable bonds is 2. The Balaban J connectivity index is 1.99. The first kappa shape index (κ1) is 10.4. The van der Waals surface area contributed by atoms with E-state index in [2.05, 4.69) is 37.4 Å². The minimum Gasteiger partial charge on any atom is -0.352 e. The summed E-state index contributed by atoms with van der Waals surface area (Å²) in [6.45, 7) is 0.288. The van der Waals surface area contributed by atoms with Gasteiger partial charge in [0.05, 0.1) is 6.54 Å². The zero-order valence-corrected chi connectivity index (χ0v) is 9.47. The Morgan fingerprint density at radius 2 is 2.33 bits per heavy atom. The van der Waals surface area contributed by atoms with Gasteiger partial charge in [0.2, 0.25) is 5.91 Å². The maximum Gasteiger partial charge on any atom is 0.237 e. The highest BCUT2D eigenvalue weighted by Crippen LogP contribution is 2.15. The predicted molar refractivity (Wildman–Crippen MR) is 60.8 cm³/mol. The van der Waals surface area contributed by atoms with Gasteiger partial charge in [0, 0.05) is 10.2 Å². The second-order valence-electron chi connectivity index (χ2n) is 3.15. The van der Waals surface area contributed by atoms with Crippen molar-refractivity contribution in [3.8, 4) is 0 Å². The molecule has 6 heteroatoms. The number of halogens is 1. The van der Waals surface area contributed by atoms with Gasteiger partial charge < -0.3 is 10.6 Å². The Hall–Kier alpha value is -1.11. The van der Waals surface area contributed by atoms with Gasteiger partial charge in [-0.15, -0.1) is 0 Å². The van der Waals surface area contributed by atoms with Crippen LogP contribution in [0.15, 0.2) is 28.7 Å². The number of anilines is 1. The van der Waals surface area contributed by atoms with Crippen LogP contribution in [0.25, 0.3) is 0 Å². The first-order valence-electron chi connectivity index (χ1n) is 4.54. The van der Waals surface area contributed by atoms with Crippen LogP contribution < -0.4 is 21.5 Å². The molecule has 80 valence electrons. The molecular formula is C9H11BrN4O. The molecule has 0 aromatic heterocycles. The molecule has 15 heavy (non-hydrogen) atoms. The van der Waals surface area contributed by atoms with Gasteiger partial charge in [-0.3, -0.25) is 4.79 Å². The molecule has 1 saturated heterocycles. The van der Waals surface area contributed by atoms with E-state index in [1.165, 1.54) is 0 Å². The van der Waals surface area contributed by atoms with Crippen molar-refractivity contribution in [1.82, 2.24) is 16.2 Å². The van der Waals surface area contributed by atoms with Crippen LogP contribution >= 0.6 is 15.9 Å². The van der Waals surface area contributed by atoms with Gasteiger partial charge in [-0.2, -0.15) is 0 Å². The summed E-state index contributed by atoms with van der Waals surface area (Å²) in [6.07, 6.45) is -0.291. The Labute approximate surface area is 95.7 Å². The normalized spacial score (nSPS) is 20.9. The Morgan fingerprint density at radius 3 is 3.07 bits per heavy atom. The summed E-state index contributed by atoms with van der Waals surface area (Å²) in [5.74, 6) is -0.0405. The maximum absolute atomic E-state index is 11.1. The predicted octanol–water partition coefficient (Wildman–Crippen LogP) is 0.369. The van der Waals surface area contributed by atoms with Crippen molar-refractivity contribution in [3.05, 3.63) is 28.7 Å². The second-order valence-corrected chi connectivity index (χ2v) is 4.07. The van der Waals surface area contributed by atoms with Gasteiger partial charge in [-0.1, -0.05) is 22.0 Å². The van der Waals surface area contributed by atoms with E-state index >= 15 is 0 Å². The van der Waals surface area contributed by atoms with Crippen LogP contribution in [-0.2, 0) is 4.79 Å². The second kappa shape index (κ2) is 4.61. The molecule has 4 N–H and O–H groups in total. The quantitative estimate of drug-likeness (QED) is 0.627. The summed E-state index contributed by atoms with van der Waals surface area (Å²) in [5.41, 5.74) is 6.61. The first-order valence-corrected chi connectivity index (χ1v) is 5.33. The third kappa shape index (κ3) is 2.92. The third-order valence-corrected chi connectivity index (χ3v) is 2.43. The summed E-state index contributed by atoms with van der Waals surface area (Å²) in [4.78, 5) is 11.1. The average Bonchev–Trinajstić information content (AvgIpc) is 2.17. The number of hydrazine groups is 1. The minimum atomic E-state index is -0.291. The van der Waals surface area contributed by atoms with Gasteiger partial charge >= 0.3 is 0 Å². The number of hydrogen-bond donors (Lipinski definition) is 4. The molecule has 0 saturated carbocycles. The lowest BCUT2D eigenvalue weighted by Gasteiger charge is -2.26. The van der Waals surface area contributed by atoms with Crippen molar-refractivity contribution in [1.29, 1.82) is 0 Å². The summed E-state index contributed by atoms with van der Waals surface area (Å²) in [7, 11) is 0. The smallest absolute Gasteiger partial charge is 0.237 e. The Kier molecular flexibility index (Phi) is 3.20. The van der Waals surface area contributed by atoms with Crippen LogP contribution in [0.1, 0.15) is 0 Å². The van der Waals surface area contributed by atoms with Gasteiger partial charge in [0.1, 0.15) is 0 Å². The molecule has 0 aliphatic carbocycles. The largest absolute Gasteiger partial charge is 0.352 e. The molecule has 0 spiro atoms. The fourth-order valence-corrected chi connectivity index (χ4v) is 1.70. The maximum atomic E-state index is 11.1. The molecule has 1 heterocycles. The Morgan fingerprint density at radius 1 is 1.47 bits per heavy atom. The summed E-state index contributed by atoms with van der Waals surface area (Å²) < 4.78 is 0.989. The van der Waals surface area contributed by atoms with Crippen molar-refractivity contribution in [2.45, 2.75) is 6.29 Å². The molecule has 1 aromatic rings. The van der Waals surface area contributed by atoms with Gasteiger partial charge in [0.25, 0.3) is 0 Å². The van der Waals surface area contributed by atoms with Crippen LogP contribution in [0.4, 0.5) is 5.69 Å². The molecule has 1 atom stereocenters. The molecule has 1 aliphatic rings. The highest BCUT2D eigenvalue weighted by molar-refractivity contribution is 9.10. The molecule has 0 radical (unpaired) electrons. The topological polar surface area (TPSA) is 65.2 Å². The fraction of sp³-hybridized carbons (Fsp3) is 0.222. The summed E-state index contributed by atoms with van der Waals surface area (Å²) in [5, 5.41) is 5.86. The Bertz CT molecular complexity index is 371. The third-order valence-electron chi connectivity index (χ3n) is 1.94. The van der Waals surface area contributed by atoms with E-state index < -0.39 is 0 Å². The van der Waals surface area contributed by atoms with Crippen molar-refractivity contribution in [3.63, 3.8) is 0 Å². The zero-order chi connectivity index (χ0) is 10.7. The van der Waals surface area contributed by atoms with E-state index in [-0.39, 0.29) is 18.7 Å². The number of amides is 1. The van der Waals surface area contributed by atoms with Gasteiger partial charge in [0.15, 0.2) is 6.29 Å². The van der Waals surface area contributed by atoms with E-state index in [4.69, 9.17) is 0 Å². The minimum absolute atomic E-state index is 0.0405. The van der Waals surface area contributed by atoms with E-state index in [0.717, 1.165) is 10.2 Å². The van der Waals surface area contributed by atoms with E-state index in [1.807, 2.05) is 24.3 Å². The molecule has 2 rings (SSSR count). The van der Waals surface area contributed by atoms with Crippen LogP contribution in [0.5, 0.6) is 0 Å². The molecule has 5 nitrogen and oxygen atoms in total. The monoisotopic (exact) mass is 270 g/mol. The SMILES string of the molecule is O=C1CNNC(Nc2cccc(Br)c2)N1. The van der Waals surface area contributed by atoms with E-state index in [9.17, 15) is 4.79 Å². The van der Waals surface area contributed by atoms with Gasteiger partial charge in [-0.05, 0) is 18.2 Å². The van der Waals surface area contributed by atoms with Crippen molar-refractivity contribution >= 4 is 27.5 Å². The molecule has 1 aromatic carbocycles. The first-order chi connectivity index (χ1) is 7.24. The molecule has 1 fully saturated rings. The van der Waals surface area contributed by atoms with Gasteiger partial charge in [-0.25, -0.2) is 10.9 Å². The van der Waals surface area contributed by atoms with Crippen LogP contribution in [-0.4, -0.2) is 18.7 Å². The number of nitrogens with one attached hydrogen (secondary N) is 4.